The third kappa shape index (κ3) is 3.73. The molecule has 0 spiro atoms. The fourth-order valence-electron chi connectivity index (χ4n) is 1.83. The zero-order valence-corrected chi connectivity index (χ0v) is 12.3. The third-order valence-electron chi connectivity index (χ3n) is 2.78. The number of nitrogens with zero attached hydrogens (tertiary/aromatic N) is 2. The summed E-state index contributed by atoms with van der Waals surface area (Å²) in [6.45, 7) is 7.11. The largest absolute Gasteiger partial charge is 0.480 e. The number of carboxylic acid groups (broad SMARTS) is 1. The molecule has 0 aliphatic rings. The Balaban J connectivity index is 3.12. The molecule has 0 aliphatic carbocycles. The first-order valence-corrected chi connectivity index (χ1v) is 6.52. The molecule has 5 nitrogen and oxygen atoms in total. The summed E-state index contributed by atoms with van der Waals surface area (Å²) in [5.74, 6) is -1.35. The van der Waals surface area contributed by atoms with Gasteiger partial charge in [0.15, 0.2) is 0 Å². The van der Waals surface area contributed by atoms with Crippen LogP contribution in [-0.2, 0) is 4.79 Å². The van der Waals surface area contributed by atoms with Crippen LogP contribution < -0.4 is 0 Å². The Morgan fingerprint density at radius 1 is 1.37 bits per heavy atom. The Hall–Kier alpha value is -1.49. The van der Waals surface area contributed by atoms with Crippen molar-refractivity contribution >= 4 is 23.5 Å². The molecule has 0 radical (unpaired) electrons. The molecule has 1 amide bonds. The van der Waals surface area contributed by atoms with E-state index < -0.39 is 5.97 Å². The highest BCUT2D eigenvalue weighted by atomic mass is 35.5. The van der Waals surface area contributed by atoms with E-state index in [0.717, 1.165) is 0 Å². The first-order valence-electron chi connectivity index (χ1n) is 6.14. The lowest BCUT2D eigenvalue weighted by molar-refractivity contribution is -0.138. The second-order valence-corrected chi connectivity index (χ2v) is 5.40. The Labute approximate surface area is 117 Å². The smallest absolute Gasteiger partial charge is 0.323 e. The van der Waals surface area contributed by atoms with Gasteiger partial charge in [0.25, 0.3) is 5.91 Å². The molecule has 106 valence electrons. The molecule has 19 heavy (non-hydrogen) atoms. The van der Waals surface area contributed by atoms with Crippen molar-refractivity contribution in [3.8, 4) is 0 Å². The van der Waals surface area contributed by atoms with Crippen LogP contribution in [0.3, 0.4) is 0 Å². The standard InChI is InChI=1S/C13H19ClN2O3/c1-8(2)15-6-10(14)5-11(15)13(19)16(9(3)4)7-12(17)18/h5-6,8-9H,7H2,1-4H3,(H,17,18). The average molecular weight is 287 g/mol. The maximum Gasteiger partial charge on any atom is 0.323 e. The van der Waals surface area contributed by atoms with E-state index in [1.165, 1.54) is 4.90 Å². The van der Waals surface area contributed by atoms with Crippen LogP contribution in [0.2, 0.25) is 5.02 Å². The van der Waals surface area contributed by atoms with E-state index in [4.69, 9.17) is 16.7 Å². The van der Waals surface area contributed by atoms with Gasteiger partial charge in [0.05, 0.1) is 5.02 Å². The number of aromatic nitrogens is 1. The molecule has 1 N–H and O–H groups in total. The van der Waals surface area contributed by atoms with Gasteiger partial charge in [0, 0.05) is 18.3 Å². The zero-order valence-electron chi connectivity index (χ0n) is 11.6. The fourth-order valence-corrected chi connectivity index (χ4v) is 2.03. The van der Waals surface area contributed by atoms with E-state index in [9.17, 15) is 9.59 Å². The van der Waals surface area contributed by atoms with Crippen LogP contribution in [0.5, 0.6) is 0 Å². The molecular weight excluding hydrogens is 268 g/mol. The van der Waals surface area contributed by atoms with E-state index in [1.807, 2.05) is 13.8 Å². The van der Waals surface area contributed by atoms with Gasteiger partial charge in [-0.05, 0) is 33.8 Å². The lowest BCUT2D eigenvalue weighted by atomic mass is 10.2. The monoisotopic (exact) mass is 286 g/mol. The molecule has 0 bridgehead atoms. The number of halogens is 1. The molecule has 1 rings (SSSR count). The molecule has 0 saturated carbocycles. The predicted molar refractivity (Wildman–Crippen MR) is 73.6 cm³/mol. The molecule has 1 aromatic heterocycles. The van der Waals surface area contributed by atoms with E-state index in [0.29, 0.717) is 10.7 Å². The van der Waals surface area contributed by atoms with E-state index in [-0.39, 0.29) is 24.5 Å². The van der Waals surface area contributed by atoms with Crippen LogP contribution in [0.1, 0.15) is 44.2 Å². The summed E-state index contributed by atoms with van der Waals surface area (Å²) in [5, 5.41) is 9.35. The van der Waals surface area contributed by atoms with Gasteiger partial charge < -0.3 is 14.6 Å². The molecular formula is C13H19ClN2O3. The fraction of sp³-hybridized carbons (Fsp3) is 0.538. The molecule has 0 saturated heterocycles. The lowest BCUT2D eigenvalue weighted by Gasteiger charge is -2.26. The van der Waals surface area contributed by atoms with Gasteiger partial charge in [-0.3, -0.25) is 9.59 Å². The van der Waals surface area contributed by atoms with Gasteiger partial charge in [-0.25, -0.2) is 0 Å². The topological polar surface area (TPSA) is 62.5 Å². The lowest BCUT2D eigenvalue weighted by Crippen LogP contribution is -2.41. The summed E-state index contributed by atoms with van der Waals surface area (Å²) in [6.07, 6.45) is 1.68. The predicted octanol–water partition coefficient (Wildman–Crippen LogP) is 2.66. The minimum atomic E-state index is -1.03. The van der Waals surface area contributed by atoms with Crippen LogP contribution in [0, 0.1) is 0 Å². The van der Waals surface area contributed by atoms with E-state index >= 15 is 0 Å². The van der Waals surface area contributed by atoms with Crippen LogP contribution in [0.4, 0.5) is 0 Å². The molecule has 0 atom stereocenters. The summed E-state index contributed by atoms with van der Waals surface area (Å²) in [6, 6.07) is 1.45. The number of carbonyl (C=O) groups is 2. The normalized spacial score (nSPS) is 11.1. The van der Waals surface area contributed by atoms with Gasteiger partial charge in [-0.1, -0.05) is 11.6 Å². The van der Waals surface area contributed by atoms with Crippen molar-refractivity contribution in [3.63, 3.8) is 0 Å². The summed E-state index contributed by atoms with van der Waals surface area (Å²) in [5.41, 5.74) is 0.412. The number of carbonyl (C=O) groups excluding carboxylic acids is 1. The Morgan fingerprint density at radius 2 is 1.95 bits per heavy atom. The van der Waals surface area contributed by atoms with Gasteiger partial charge in [0.2, 0.25) is 0 Å². The number of rotatable bonds is 5. The Morgan fingerprint density at radius 3 is 2.37 bits per heavy atom. The van der Waals surface area contributed by atoms with Crippen molar-refractivity contribution in [2.24, 2.45) is 0 Å². The molecule has 1 aromatic rings. The summed E-state index contributed by atoms with van der Waals surface area (Å²) in [4.78, 5) is 24.6. The second-order valence-electron chi connectivity index (χ2n) is 4.97. The van der Waals surface area contributed by atoms with Crippen molar-refractivity contribution in [1.29, 1.82) is 0 Å². The maximum atomic E-state index is 12.4. The van der Waals surface area contributed by atoms with E-state index in [1.54, 1.807) is 30.7 Å². The maximum absolute atomic E-state index is 12.4. The first-order chi connectivity index (χ1) is 8.73. The van der Waals surface area contributed by atoms with Crippen molar-refractivity contribution in [1.82, 2.24) is 9.47 Å². The Kier molecular flexibility index (Phi) is 5.00. The number of carboxylic acids is 1. The minimum Gasteiger partial charge on any atom is -0.480 e. The van der Waals surface area contributed by atoms with E-state index in [2.05, 4.69) is 0 Å². The number of hydrogen-bond acceptors (Lipinski definition) is 2. The highest BCUT2D eigenvalue weighted by Gasteiger charge is 2.25. The van der Waals surface area contributed by atoms with Crippen molar-refractivity contribution < 1.29 is 14.7 Å². The van der Waals surface area contributed by atoms with Crippen molar-refractivity contribution in [2.45, 2.75) is 39.8 Å². The van der Waals surface area contributed by atoms with Gasteiger partial charge >= 0.3 is 5.97 Å². The highest BCUT2D eigenvalue weighted by molar-refractivity contribution is 6.31. The highest BCUT2D eigenvalue weighted by Crippen LogP contribution is 2.21. The molecule has 6 heteroatoms. The molecule has 0 unspecified atom stereocenters. The third-order valence-corrected chi connectivity index (χ3v) is 2.99. The molecule has 0 aliphatic heterocycles. The molecule has 1 heterocycles. The minimum absolute atomic E-state index is 0.0743. The Bertz CT molecular complexity index is 480. The van der Waals surface area contributed by atoms with Crippen molar-refractivity contribution in [3.05, 3.63) is 23.0 Å². The SMILES string of the molecule is CC(C)N(CC(=O)O)C(=O)c1cc(Cl)cn1C(C)C. The van der Waals surface area contributed by atoms with Crippen LogP contribution in [-0.4, -0.2) is 39.0 Å². The average Bonchev–Trinajstić information content (AvgIpc) is 2.67. The van der Waals surface area contributed by atoms with Gasteiger partial charge in [-0.2, -0.15) is 0 Å². The van der Waals surface area contributed by atoms with Gasteiger partial charge in [0.1, 0.15) is 12.2 Å². The van der Waals surface area contributed by atoms with Crippen LogP contribution in [0.25, 0.3) is 0 Å². The summed E-state index contributed by atoms with van der Waals surface area (Å²) >= 11 is 5.94. The quantitative estimate of drug-likeness (QED) is 0.905. The summed E-state index contributed by atoms with van der Waals surface area (Å²) in [7, 11) is 0. The van der Waals surface area contributed by atoms with Crippen LogP contribution in [0.15, 0.2) is 12.3 Å². The first kappa shape index (κ1) is 15.6. The number of hydrogen-bond donors (Lipinski definition) is 1. The van der Waals surface area contributed by atoms with Crippen molar-refractivity contribution in [2.75, 3.05) is 6.54 Å². The summed E-state index contributed by atoms with van der Waals surface area (Å²) < 4.78 is 1.75. The zero-order chi connectivity index (χ0) is 14.7. The molecule has 0 aromatic carbocycles. The molecule has 0 fully saturated rings. The van der Waals surface area contributed by atoms with Crippen LogP contribution >= 0.6 is 11.6 Å². The van der Waals surface area contributed by atoms with Gasteiger partial charge in [-0.15, -0.1) is 0 Å². The number of amides is 1. The second kappa shape index (κ2) is 6.10. The number of aliphatic carboxylic acids is 1.